The first-order chi connectivity index (χ1) is 15.1. The summed E-state index contributed by atoms with van der Waals surface area (Å²) < 4.78 is 1.26. The molecule has 8 heteroatoms. The molecule has 2 aromatic rings. The van der Waals surface area contributed by atoms with Crippen molar-refractivity contribution in [3.05, 3.63) is 47.2 Å². The molecule has 2 aliphatic heterocycles. The molecule has 0 saturated carbocycles. The Morgan fingerprint density at radius 3 is 2.48 bits per heavy atom. The van der Waals surface area contributed by atoms with E-state index in [-0.39, 0.29) is 17.4 Å². The van der Waals surface area contributed by atoms with Crippen LogP contribution in [0.5, 0.6) is 0 Å². The first-order valence-electron chi connectivity index (χ1n) is 11.1. The number of hydrogen-bond acceptors (Lipinski definition) is 5. The molecule has 1 saturated heterocycles. The minimum atomic E-state index is -0.346. The standard InChI is InChI=1S/C23H30N6O2/c1-25-23(31)29-13-9-19(15-20(29)24)28-12-7-8-17-14-18(16-26-21(17)28)22(30)27-10-5-3-2-4-6-11-27/h9,13-16,24H,2-8,10-12H2,1H3,(H,25,31). The fourth-order valence-corrected chi connectivity index (χ4v) is 4.42. The van der Waals surface area contributed by atoms with Crippen molar-refractivity contribution in [1.82, 2.24) is 19.8 Å². The van der Waals surface area contributed by atoms with Gasteiger partial charge in [-0.25, -0.2) is 9.78 Å². The van der Waals surface area contributed by atoms with Crippen LogP contribution < -0.4 is 15.7 Å². The predicted octanol–water partition coefficient (Wildman–Crippen LogP) is 3.04. The van der Waals surface area contributed by atoms with Crippen LogP contribution in [0.25, 0.3) is 0 Å². The molecule has 1 fully saturated rings. The maximum Gasteiger partial charge on any atom is 0.326 e. The molecule has 2 N–H and O–H groups in total. The lowest BCUT2D eigenvalue weighted by Gasteiger charge is -2.31. The van der Waals surface area contributed by atoms with Gasteiger partial charge in [-0.15, -0.1) is 0 Å². The first-order valence-corrected chi connectivity index (χ1v) is 11.1. The molecule has 2 amide bonds. The lowest BCUT2D eigenvalue weighted by Crippen LogP contribution is -2.35. The molecule has 0 spiro atoms. The Bertz CT molecular complexity index is 1020. The molecule has 31 heavy (non-hydrogen) atoms. The molecule has 4 heterocycles. The molecular weight excluding hydrogens is 392 g/mol. The monoisotopic (exact) mass is 422 g/mol. The molecule has 2 aromatic heterocycles. The van der Waals surface area contributed by atoms with E-state index in [1.165, 1.54) is 23.8 Å². The molecule has 0 bridgehead atoms. The van der Waals surface area contributed by atoms with Crippen LogP contribution in [0.2, 0.25) is 0 Å². The Morgan fingerprint density at radius 1 is 1.03 bits per heavy atom. The summed E-state index contributed by atoms with van der Waals surface area (Å²) in [6.45, 7) is 2.43. The number of fused-ring (bicyclic) bond motifs is 1. The van der Waals surface area contributed by atoms with Crippen LogP contribution >= 0.6 is 0 Å². The number of pyridine rings is 2. The van der Waals surface area contributed by atoms with Gasteiger partial charge in [-0.2, -0.15) is 0 Å². The van der Waals surface area contributed by atoms with Crippen LogP contribution in [-0.2, 0) is 6.42 Å². The number of hydrogen-bond donors (Lipinski definition) is 2. The number of amides is 2. The predicted molar refractivity (Wildman–Crippen MR) is 119 cm³/mol. The van der Waals surface area contributed by atoms with Crippen molar-refractivity contribution in [3.63, 3.8) is 0 Å². The number of likely N-dealkylation sites (tertiary alicyclic amines) is 1. The van der Waals surface area contributed by atoms with Crippen molar-refractivity contribution >= 4 is 23.4 Å². The number of anilines is 2. The Hall–Kier alpha value is -3.16. The number of nitrogens with zero attached hydrogens (tertiary/aromatic N) is 4. The summed E-state index contributed by atoms with van der Waals surface area (Å²) in [7, 11) is 1.54. The summed E-state index contributed by atoms with van der Waals surface area (Å²) in [5.74, 6) is 0.904. The van der Waals surface area contributed by atoms with Gasteiger partial charge < -0.3 is 15.1 Å². The molecule has 0 aliphatic carbocycles. The highest BCUT2D eigenvalue weighted by atomic mass is 16.2. The third-order valence-corrected chi connectivity index (χ3v) is 6.10. The van der Waals surface area contributed by atoms with Crippen molar-refractivity contribution in [1.29, 1.82) is 5.41 Å². The van der Waals surface area contributed by atoms with E-state index >= 15 is 0 Å². The van der Waals surface area contributed by atoms with Gasteiger partial charge in [0.2, 0.25) is 0 Å². The fourth-order valence-electron chi connectivity index (χ4n) is 4.42. The molecule has 0 unspecified atom stereocenters. The molecule has 8 nitrogen and oxygen atoms in total. The number of aromatic nitrogens is 2. The molecule has 0 atom stereocenters. The molecule has 0 aromatic carbocycles. The van der Waals surface area contributed by atoms with Gasteiger partial charge in [0.1, 0.15) is 11.3 Å². The van der Waals surface area contributed by atoms with Crippen LogP contribution in [0.4, 0.5) is 16.3 Å². The third kappa shape index (κ3) is 4.47. The van der Waals surface area contributed by atoms with E-state index in [0.717, 1.165) is 62.4 Å². The third-order valence-electron chi connectivity index (χ3n) is 6.10. The zero-order chi connectivity index (χ0) is 21.8. The number of carbonyl (C=O) groups excluding carboxylic acids is 2. The minimum Gasteiger partial charge on any atom is -0.340 e. The van der Waals surface area contributed by atoms with Gasteiger partial charge in [0, 0.05) is 50.8 Å². The molecule has 164 valence electrons. The Labute approximate surface area is 182 Å². The first kappa shape index (κ1) is 21.1. The Balaban J connectivity index is 1.58. The number of carbonyl (C=O) groups is 2. The smallest absolute Gasteiger partial charge is 0.326 e. The second-order valence-corrected chi connectivity index (χ2v) is 8.22. The summed E-state index contributed by atoms with van der Waals surface area (Å²) in [4.78, 5) is 33.7. The Morgan fingerprint density at radius 2 is 1.77 bits per heavy atom. The zero-order valence-corrected chi connectivity index (χ0v) is 18.1. The highest BCUT2D eigenvalue weighted by Crippen LogP contribution is 2.31. The summed E-state index contributed by atoms with van der Waals surface area (Å²) in [6.07, 6.45) is 10.9. The molecule has 0 radical (unpaired) electrons. The van der Waals surface area contributed by atoms with Gasteiger partial charge in [-0.1, -0.05) is 19.3 Å². The normalized spacial score (nSPS) is 16.8. The van der Waals surface area contributed by atoms with E-state index in [2.05, 4.69) is 15.2 Å². The topological polar surface area (TPSA) is 94.3 Å². The second kappa shape index (κ2) is 9.32. The van der Waals surface area contributed by atoms with Crippen LogP contribution in [0.3, 0.4) is 0 Å². The molecular formula is C23H30N6O2. The maximum absolute atomic E-state index is 13.1. The number of aryl methyl sites for hydroxylation is 1. The largest absolute Gasteiger partial charge is 0.340 e. The maximum atomic E-state index is 13.1. The van der Waals surface area contributed by atoms with E-state index in [4.69, 9.17) is 5.41 Å². The van der Waals surface area contributed by atoms with Crippen LogP contribution in [-0.4, -0.2) is 53.1 Å². The SMILES string of the molecule is CNC(=O)n1ccc(N2CCCc3cc(C(=O)N4CCCCCCC4)cnc32)cc1=N. The van der Waals surface area contributed by atoms with Gasteiger partial charge in [0.15, 0.2) is 0 Å². The van der Waals surface area contributed by atoms with Crippen molar-refractivity contribution in [2.24, 2.45) is 0 Å². The van der Waals surface area contributed by atoms with Crippen LogP contribution in [0.1, 0.15) is 54.4 Å². The summed E-state index contributed by atoms with van der Waals surface area (Å²) in [5.41, 5.74) is 2.64. The van der Waals surface area contributed by atoms with E-state index in [1.54, 1.807) is 25.5 Å². The van der Waals surface area contributed by atoms with E-state index in [0.29, 0.717) is 5.56 Å². The fraction of sp³-hybridized carbons (Fsp3) is 0.478. The van der Waals surface area contributed by atoms with Crippen molar-refractivity contribution < 1.29 is 9.59 Å². The van der Waals surface area contributed by atoms with Gasteiger partial charge in [-0.05, 0) is 43.4 Å². The summed E-state index contributed by atoms with van der Waals surface area (Å²) in [6, 6.07) is 5.14. The summed E-state index contributed by atoms with van der Waals surface area (Å²) >= 11 is 0. The highest BCUT2D eigenvalue weighted by Gasteiger charge is 2.24. The van der Waals surface area contributed by atoms with Crippen molar-refractivity contribution in [2.75, 3.05) is 31.6 Å². The van der Waals surface area contributed by atoms with Crippen molar-refractivity contribution in [2.45, 2.75) is 44.9 Å². The lowest BCUT2D eigenvalue weighted by atomic mass is 10.0. The van der Waals surface area contributed by atoms with Crippen LogP contribution in [0, 0.1) is 5.41 Å². The van der Waals surface area contributed by atoms with E-state index < -0.39 is 0 Å². The lowest BCUT2D eigenvalue weighted by molar-refractivity contribution is 0.0742. The Kier molecular flexibility index (Phi) is 6.34. The number of rotatable bonds is 2. The van der Waals surface area contributed by atoms with Gasteiger partial charge in [0.05, 0.1) is 5.56 Å². The van der Waals surface area contributed by atoms with Gasteiger partial charge >= 0.3 is 6.03 Å². The van der Waals surface area contributed by atoms with Crippen LogP contribution in [0.15, 0.2) is 30.6 Å². The highest BCUT2D eigenvalue weighted by molar-refractivity contribution is 5.94. The second-order valence-electron chi connectivity index (χ2n) is 8.22. The quantitative estimate of drug-likeness (QED) is 0.778. The summed E-state index contributed by atoms with van der Waals surface area (Å²) in [5, 5.41) is 10.7. The molecule has 2 aliphatic rings. The van der Waals surface area contributed by atoms with Gasteiger partial charge in [-0.3, -0.25) is 14.8 Å². The van der Waals surface area contributed by atoms with Gasteiger partial charge in [0.25, 0.3) is 5.91 Å². The van der Waals surface area contributed by atoms with E-state index in [9.17, 15) is 9.59 Å². The van der Waals surface area contributed by atoms with Crippen molar-refractivity contribution in [3.8, 4) is 0 Å². The zero-order valence-electron chi connectivity index (χ0n) is 18.1. The van der Waals surface area contributed by atoms with E-state index in [1.807, 2.05) is 17.0 Å². The average Bonchev–Trinajstić information content (AvgIpc) is 2.77. The minimum absolute atomic E-state index is 0.0779. The molecule has 4 rings (SSSR count). The average molecular weight is 423 g/mol. The number of nitrogens with one attached hydrogen (secondary N) is 2.